The summed E-state index contributed by atoms with van der Waals surface area (Å²) in [5, 5.41) is 8.92. The SMILES string of the molecule is Cc1nc(CC(NC(=O)N2CCC(N3Cc4ccccc4NC3=O)CC2)C(=O)N2CCN(c3ccncc3)CC2)cs1. The standard InChI is InChI=1S/C30H36N8O3S/c1-21-32-23(20-42-21)18-27(28(39)36-16-14-35(15-17-36)24-6-10-31-11-7-24)34-29(40)37-12-8-25(9-13-37)38-19-22-4-2-3-5-26(22)33-30(38)41/h2-7,10-11,20,25,27H,8-9,12-19H2,1H3,(H,33,41)(H,34,40). The summed E-state index contributed by atoms with van der Waals surface area (Å²) in [4.78, 5) is 56.4. The summed E-state index contributed by atoms with van der Waals surface area (Å²) in [5.74, 6) is -0.0816. The van der Waals surface area contributed by atoms with E-state index in [-0.39, 0.29) is 24.0 Å². The van der Waals surface area contributed by atoms with Crippen LogP contribution in [0, 0.1) is 6.92 Å². The van der Waals surface area contributed by atoms with E-state index in [0.29, 0.717) is 65.1 Å². The molecule has 0 radical (unpaired) electrons. The molecule has 5 amide bonds. The van der Waals surface area contributed by atoms with Crippen molar-refractivity contribution in [1.29, 1.82) is 0 Å². The Morgan fingerprint density at radius 1 is 1.02 bits per heavy atom. The largest absolute Gasteiger partial charge is 0.368 e. The number of nitrogens with one attached hydrogen (secondary N) is 2. The molecular weight excluding hydrogens is 552 g/mol. The Labute approximate surface area is 249 Å². The summed E-state index contributed by atoms with van der Waals surface area (Å²) in [5.41, 5.74) is 3.86. The van der Waals surface area contributed by atoms with Gasteiger partial charge in [0.2, 0.25) is 5.91 Å². The van der Waals surface area contributed by atoms with Crippen molar-refractivity contribution in [2.45, 2.75) is 44.8 Å². The number of fused-ring (bicyclic) bond motifs is 1. The summed E-state index contributed by atoms with van der Waals surface area (Å²) >= 11 is 1.54. The number of hydrogen-bond donors (Lipinski definition) is 2. The van der Waals surface area contributed by atoms with E-state index in [1.807, 2.05) is 58.5 Å². The number of urea groups is 2. The smallest absolute Gasteiger partial charge is 0.322 e. The maximum Gasteiger partial charge on any atom is 0.322 e. The van der Waals surface area contributed by atoms with Crippen LogP contribution in [0.15, 0.2) is 54.2 Å². The number of anilines is 2. The molecule has 0 aliphatic carbocycles. The number of piperidine rings is 1. The molecule has 0 spiro atoms. The molecule has 2 saturated heterocycles. The van der Waals surface area contributed by atoms with Gasteiger partial charge in [0, 0.05) is 87.4 Å². The third kappa shape index (κ3) is 6.18. The number of piperazine rings is 1. The van der Waals surface area contributed by atoms with Gasteiger partial charge in [-0.05, 0) is 43.5 Å². The minimum Gasteiger partial charge on any atom is -0.368 e. The minimum absolute atomic E-state index is 0.0505. The van der Waals surface area contributed by atoms with Crippen molar-refractivity contribution < 1.29 is 14.4 Å². The highest BCUT2D eigenvalue weighted by Crippen LogP contribution is 2.27. The van der Waals surface area contributed by atoms with Crippen LogP contribution in [-0.4, -0.2) is 94.0 Å². The molecule has 0 bridgehead atoms. The summed E-state index contributed by atoms with van der Waals surface area (Å²) in [6.45, 7) is 6.13. The summed E-state index contributed by atoms with van der Waals surface area (Å²) in [6, 6.07) is 10.8. The highest BCUT2D eigenvalue weighted by Gasteiger charge is 2.35. The molecule has 2 N–H and O–H groups in total. The topological polar surface area (TPSA) is 114 Å². The number of thiazole rings is 1. The molecule has 1 aromatic carbocycles. The van der Waals surface area contributed by atoms with Gasteiger partial charge in [-0.1, -0.05) is 18.2 Å². The van der Waals surface area contributed by atoms with Crippen molar-refractivity contribution in [3.05, 3.63) is 70.4 Å². The van der Waals surface area contributed by atoms with E-state index >= 15 is 0 Å². The molecule has 1 unspecified atom stereocenters. The van der Waals surface area contributed by atoms with Gasteiger partial charge in [0.25, 0.3) is 0 Å². The average Bonchev–Trinajstić information content (AvgIpc) is 3.44. The molecule has 3 aliphatic heterocycles. The third-order valence-corrected chi connectivity index (χ3v) is 9.17. The van der Waals surface area contributed by atoms with Gasteiger partial charge in [0.15, 0.2) is 0 Å². The number of hydrogen-bond acceptors (Lipinski definition) is 7. The number of nitrogens with zero attached hydrogens (tertiary/aromatic N) is 6. The molecule has 220 valence electrons. The van der Waals surface area contributed by atoms with Crippen molar-refractivity contribution >= 4 is 40.7 Å². The fourth-order valence-electron chi connectivity index (χ4n) is 6.01. The maximum absolute atomic E-state index is 13.8. The molecule has 11 nitrogen and oxygen atoms in total. The number of pyridine rings is 1. The summed E-state index contributed by atoms with van der Waals surface area (Å²) in [6.07, 6.45) is 5.27. The minimum atomic E-state index is -0.700. The molecule has 0 saturated carbocycles. The zero-order valence-electron chi connectivity index (χ0n) is 23.7. The van der Waals surface area contributed by atoms with E-state index in [0.717, 1.165) is 27.6 Å². The van der Waals surface area contributed by atoms with Gasteiger partial charge in [0.1, 0.15) is 6.04 Å². The summed E-state index contributed by atoms with van der Waals surface area (Å²) in [7, 11) is 0. The predicted molar refractivity (Wildman–Crippen MR) is 162 cm³/mol. The molecule has 1 atom stereocenters. The first-order valence-corrected chi connectivity index (χ1v) is 15.4. The van der Waals surface area contributed by atoms with Crippen LogP contribution in [0.4, 0.5) is 21.0 Å². The predicted octanol–water partition coefficient (Wildman–Crippen LogP) is 3.33. The molecule has 2 aromatic heterocycles. The van der Waals surface area contributed by atoms with Gasteiger partial charge < -0.3 is 30.2 Å². The van der Waals surface area contributed by atoms with Gasteiger partial charge in [-0.15, -0.1) is 11.3 Å². The number of rotatable bonds is 6. The molecule has 5 heterocycles. The Bertz CT molecular complexity index is 1420. The quantitative estimate of drug-likeness (QED) is 0.457. The normalized spacial score (nSPS) is 18.4. The Morgan fingerprint density at radius 3 is 2.48 bits per heavy atom. The van der Waals surface area contributed by atoms with Crippen molar-refractivity contribution in [1.82, 2.24) is 30.0 Å². The van der Waals surface area contributed by atoms with Crippen molar-refractivity contribution in [2.75, 3.05) is 49.5 Å². The lowest BCUT2D eigenvalue weighted by Gasteiger charge is -2.41. The number of aryl methyl sites for hydroxylation is 1. The highest BCUT2D eigenvalue weighted by molar-refractivity contribution is 7.09. The fourth-order valence-corrected chi connectivity index (χ4v) is 6.64. The van der Waals surface area contributed by atoms with Crippen LogP contribution < -0.4 is 15.5 Å². The number of amides is 5. The van der Waals surface area contributed by atoms with E-state index in [2.05, 4.69) is 25.5 Å². The average molecular weight is 589 g/mol. The lowest BCUT2D eigenvalue weighted by molar-refractivity contribution is -0.133. The van der Waals surface area contributed by atoms with E-state index in [4.69, 9.17) is 0 Å². The molecule has 3 aliphatic rings. The van der Waals surface area contributed by atoms with Gasteiger partial charge in [-0.25, -0.2) is 14.6 Å². The molecule has 12 heteroatoms. The van der Waals surface area contributed by atoms with Crippen molar-refractivity contribution in [3.63, 3.8) is 0 Å². The Kier molecular flexibility index (Phi) is 8.22. The van der Waals surface area contributed by atoms with Gasteiger partial charge >= 0.3 is 12.1 Å². The first kappa shape index (κ1) is 28.0. The Balaban J connectivity index is 1.07. The van der Waals surface area contributed by atoms with Crippen LogP contribution in [0.1, 0.15) is 29.1 Å². The van der Waals surface area contributed by atoms with Crippen LogP contribution >= 0.6 is 11.3 Å². The molecule has 3 aromatic rings. The number of carbonyl (C=O) groups is 3. The van der Waals surface area contributed by atoms with Crippen LogP contribution in [0.3, 0.4) is 0 Å². The van der Waals surface area contributed by atoms with Crippen molar-refractivity contribution in [3.8, 4) is 0 Å². The van der Waals surface area contributed by atoms with E-state index in [9.17, 15) is 14.4 Å². The van der Waals surface area contributed by atoms with Crippen LogP contribution in [-0.2, 0) is 17.8 Å². The second-order valence-electron chi connectivity index (χ2n) is 11.0. The van der Waals surface area contributed by atoms with Gasteiger partial charge in [-0.3, -0.25) is 9.78 Å². The van der Waals surface area contributed by atoms with Crippen molar-refractivity contribution in [2.24, 2.45) is 0 Å². The van der Waals surface area contributed by atoms with Gasteiger partial charge in [-0.2, -0.15) is 0 Å². The lowest BCUT2D eigenvalue weighted by atomic mass is 10.0. The van der Waals surface area contributed by atoms with E-state index in [1.54, 1.807) is 28.6 Å². The monoisotopic (exact) mass is 588 g/mol. The number of likely N-dealkylation sites (tertiary alicyclic amines) is 1. The van der Waals surface area contributed by atoms with Crippen LogP contribution in [0.25, 0.3) is 0 Å². The number of para-hydroxylation sites is 1. The maximum atomic E-state index is 13.8. The fraction of sp³-hybridized carbons (Fsp3) is 0.433. The van der Waals surface area contributed by atoms with E-state index < -0.39 is 6.04 Å². The summed E-state index contributed by atoms with van der Waals surface area (Å²) < 4.78 is 0. The molecular formula is C30H36N8O3S. The second-order valence-corrected chi connectivity index (χ2v) is 12.1. The number of benzene rings is 1. The zero-order valence-corrected chi connectivity index (χ0v) is 24.6. The second kappa shape index (κ2) is 12.4. The Morgan fingerprint density at radius 2 is 1.76 bits per heavy atom. The van der Waals surface area contributed by atoms with E-state index in [1.165, 1.54) is 0 Å². The molecule has 2 fully saturated rings. The van der Waals surface area contributed by atoms with Gasteiger partial charge in [0.05, 0.1) is 10.7 Å². The molecule has 42 heavy (non-hydrogen) atoms. The third-order valence-electron chi connectivity index (χ3n) is 8.35. The first-order chi connectivity index (χ1) is 20.4. The van der Waals surface area contributed by atoms with Crippen LogP contribution in [0.2, 0.25) is 0 Å². The molecule has 6 rings (SSSR count). The number of aromatic nitrogens is 2. The Hall–Kier alpha value is -4.19. The zero-order chi connectivity index (χ0) is 29.1. The highest BCUT2D eigenvalue weighted by atomic mass is 32.1. The van der Waals surface area contributed by atoms with Crippen LogP contribution in [0.5, 0.6) is 0 Å². The lowest BCUT2D eigenvalue weighted by Crippen LogP contribution is -2.58. The first-order valence-electron chi connectivity index (χ1n) is 14.5. The number of carbonyl (C=O) groups excluding carboxylic acids is 3.